The van der Waals surface area contributed by atoms with Gasteiger partial charge in [0.15, 0.2) is 0 Å². The zero-order valence-corrected chi connectivity index (χ0v) is 16.5. The Bertz CT molecular complexity index is 1030. The first-order valence-electron chi connectivity index (χ1n) is 9.10. The van der Waals surface area contributed by atoms with Crippen molar-refractivity contribution in [1.82, 2.24) is 9.78 Å². The van der Waals surface area contributed by atoms with Crippen molar-refractivity contribution in [2.75, 3.05) is 5.32 Å². The number of aliphatic imine (C=N–C) groups is 1. The molecule has 0 aliphatic rings. The van der Waals surface area contributed by atoms with E-state index in [1.807, 2.05) is 64.2 Å². The molecule has 0 bridgehead atoms. The number of aromatic nitrogens is 2. The van der Waals surface area contributed by atoms with E-state index >= 15 is 0 Å². The van der Waals surface area contributed by atoms with Crippen LogP contribution in [-0.4, -0.2) is 22.2 Å². The molecule has 6 nitrogen and oxygen atoms in total. The van der Waals surface area contributed by atoms with E-state index in [1.54, 1.807) is 23.2 Å². The van der Waals surface area contributed by atoms with Gasteiger partial charge in [-0.05, 0) is 75.2 Å². The molecule has 2 aromatic carbocycles. The number of ether oxygens (including phenoxy) is 1. The summed E-state index contributed by atoms with van der Waals surface area (Å²) in [6, 6.07) is 15.4. The maximum Gasteiger partial charge on any atom is 0.238 e. The summed E-state index contributed by atoms with van der Waals surface area (Å²) >= 11 is 0. The monoisotopic (exact) mass is 373 g/mol. The largest absolute Gasteiger partial charge is 0.437 e. The number of nitrogens with one attached hydrogen (secondary N) is 1. The lowest BCUT2D eigenvalue weighted by Gasteiger charge is -2.12. The lowest BCUT2D eigenvalue weighted by Crippen LogP contribution is -2.01. The third-order valence-corrected chi connectivity index (χ3v) is 4.15. The maximum atomic E-state index is 8.90. The van der Waals surface area contributed by atoms with Crippen LogP contribution in [0.4, 0.5) is 5.69 Å². The molecule has 142 valence electrons. The molecule has 6 heteroatoms. The van der Waals surface area contributed by atoms with Gasteiger partial charge in [0.05, 0.1) is 23.7 Å². The zero-order chi connectivity index (χ0) is 20.1. The third-order valence-electron chi connectivity index (χ3n) is 4.15. The van der Waals surface area contributed by atoms with Crippen molar-refractivity contribution < 1.29 is 4.74 Å². The molecule has 3 rings (SSSR count). The number of nitriles is 1. The van der Waals surface area contributed by atoms with E-state index in [2.05, 4.69) is 21.5 Å². The highest BCUT2D eigenvalue weighted by Gasteiger charge is 2.09. The summed E-state index contributed by atoms with van der Waals surface area (Å²) in [6.07, 6.45) is 3.56. The SMILES string of the molecule is Cc1cc(Oc2ccn(-c3ccc(C#N)cc3)n2)c(C)cc1NC=NC(C)C. The van der Waals surface area contributed by atoms with Gasteiger partial charge in [-0.25, -0.2) is 4.68 Å². The molecule has 1 aromatic heterocycles. The second-order valence-corrected chi connectivity index (χ2v) is 6.81. The van der Waals surface area contributed by atoms with Crippen molar-refractivity contribution in [2.45, 2.75) is 33.7 Å². The first kappa shape index (κ1) is 19.2. The maximum absolute atomic E-state index is 8.90. The second-order valence-electron chi connectivity index (χ2n) is 6.81. The van der Waals surface area contributed by atoms with Crippen LogP contribution in [0, 0.1) is 25.2 Å². The van der Waals surface area contributed by atoms with Crippen LogP contribution in [0.1, 0.15) is 30.5 Å². The van der Waals surface area contributed by atoms with Gasteiger partial charge in [0.2, 0.25) is 5.88 Å². The Balaban J connectivity index is 1.76. The predicted molar refractivity (Wildman–Crippen MR) is 112 cm³/mol. The number of rotatable bonds is 6. The Labute approximate surface area is 165 Å². The van der Waals surface area contributed by atoms with E-state index in [9.17, 15) is 0 Å². The van der Waals surface area contributed by atoms with E-state index in [4.69, 9.17) is 10.00 Å². The highest BCUT2D eigenvalue weighted by molar-refractivity contribution is 5.78. The molecule has 3 aromatic rings. The normalized spacial score (nSPS) is 11.0. The molecule has 1 N–H and O–H groups in total. The smallest absolute Gasteiger partial charge is 0.238 e. The average Bonchev–Trinajstić information content (AvgIpc) is 3.14. The van der Waals surface area contributed by atoms with Gasteiger partial charge < -0.3 is 10.1 Å². The molecule has 0 saturated carbocycles. The molecule has 0 saturated heterocycles. The lowest BCUT2D eigenvalue weighted by molar-refractivity contribution is 0.454. The number of nitrogens with zero attached hydrogens (tertiary/aromatic N) is 4. The second kappa shape index (κ2) is 8.40. The van der Waals surface area contributed by atoms with E-state index in [0.717, 1.165) is 28.3 Å². The lowest BCUT2D eigenvalue weighted by atomic mass is 10.1. The first-order valence-corrected chi connectivity index (χ1v) is 9.10. The Morgan fingerprint density at radius 1 is 1.14 bits per heavy atom. The van der Waals surface area contributed by atoms with Crippen molar-refractivity contribution in [2.24, 2.45) is 4.99 Å². The molecule has 0 fully saturated rings. The fraction of sp³-hybridized carbons (Fsp3) is 0.227. The topological polar surface area (TPSA) is 75.2 Å². The van der Waals surface area contributed by atoms with Gasteiger partial charge in [-0.3, -0.25) is 4.99 Å². The standard InChI is InChI=1S/C22H23N5O/c1-15(2)24-14-25-20-11-17(4)21(12-16(20)3)28-22-9-10-27(26-22)19-7-5-18(13-23)6-8-19/h5-12,14-15H,1-4H3,(H,24,25). The van der Waals surface area contributed by atoms with Crippen LogP contribution in [0.3, 0.4) is 0 Å². The highest BCUT2D eigenvalue weighted by Crippen LogP contribution is 2.29. The summed E-state index contributed by atoms with van der Waals surface area (Å²) in [5.41, 5.74) is 4.54. The summed E-state index contributed by atoms with van der Waals surface area (Å²) < 4.78 is 7.71. The summed E-state index contributed by atoms with van der Waals surface area (Å²) in [5, 5.41) is 16.6. The van der Waals surface area contributed by atoms with Gasteiger partial charge in [0, 0.05) is 24.0 Å². The van der Waals surface area contributed by atoms with Crippen molar-refractivity contribution >= 4 is 12.0 Å². The molecule has 1 heterocycles. The molecule has 28 heavy (non-hydrogen) atoms. The number of hydrogen-bond acceptors (Lipinski definition) is 4. The van der Waals surface area contributed by atoms with Gasteiger partial charge in [-0.1, -0.05) is 0 Å². The third kappa shape index (κ3) is 4.57. The van der Waals surface area contributed by atoms with E-state index in [-0.39, 0.29) is 6.04 Å². The molecule has 0 spiro atoms. The van der Waals surface area contributed by atoms with Crippen LogP contribution in [0.15, 0.2) is 53.7 Å². The first-order chi connectivity index (χ1) is 13.5. The quantitative estimate of drug-likeness (QED) is 0.487. The minimum Gasteiger partial charge on any atom is -0.437 e. The van der Waals surface area contributed by atoms with Crippen LogP contribution in [0.25, 0.3) is 5.69 Å². The molecular weight excluding hydrogens is 350 g/mol. The summed E-state index contributed by atoms with van der Waals surface area (Å²) in [5.74, 6) is 1.27. The number of anilines is 1. The van der Waals surface area contributed by atoms with E-state index in [1.165, 1.54) is 0 Å². The Kier molecular flexibility index (Phi) is 5.75. The Hall–Kier alpha value is -3.59. The van der Waals surface area contributed by atoms with Crippen LogP contribution in [0.2, 0.25) is 0 Å². The van der Waals surface area contributed by atoms with Crippen molar-refractivity contribution in [3.05, 3.63) is 65.4 Å². The zero-order valence-electron chi connectivity index (χ0n) is 16.5. The van der Waals surface area contributed by atoms with Crippen molar-refractivity contribution in [1.29, 1.82) is 5.26 Å². The van der Waals surface area contributed by atoms with Gasteiger partial charge in [-0.2, -0.15) is 5.26 Å². The predicted octanol–water partition coefficient (Wildman–Crippen LogP) is 5.00. The highest BCUT2D eigenvalue weighted by atomic mass is 16.5. The average molecular weight is 373 g/mol. The summed E-state index contributed by atoms with van der Waals surface area (Å²) in [7, 11) is 0. The molecule has 0 radical (unpaired) electrons. The summed E-state index contributed by atoms with van der Waals surface area (Å²) in [4.78, 5) is 4.33. The van der Waals surface area contributed by atoms with Crippen molar-refractivity contribution in [3.8, 4) is 23.4 Å². The molecule has 0 aliphatic carbocycles. The molecular formula is C22H23N5O. The molecule has 0 amide bonds. The fourth-order valence-electron chi connectivity index (χ4n) is 2.62. The minimum absolute atomic E-state index is 0.253. The summed E-state index contributed by atoms with van der Waals surface area (Å²) in [6.45, 7) is 8.08. The van der Waals surface area contributed by atoms with Crippen LogP contribution in [0.5, 0.6) is 11.6 Å². The van der Waals surface area contributed by atoms with Gasteiger partial charge in [-0.15, -0.1) is 5.10 Å². The number of aryl methyl sites for hydroxylation is 2. The fourth-order valence-corrected chi connectivity index (χ4v) is 2.62. The number of hydrogen-bond donors (Lipinski definition) is 1. The molecule has 0 atom stereocenters. The Morgan fingerprint density at radius 3 is 2.57 bits per heavy atom. The molecule has 0 unspecified atom stereocenters. The van der Waals surface area contributed by atoms with Crippen LogP contribution >= 0.6 is 0 Å². The van der Waals surface area contributed by atoms with Gasteiger partial charge in [0.25, 0.3) is 0 Å². The molecule has 0 aliphatic heterocycles. The van der Waals surface area contributed by atoms with Crippen LogP contribution in [-0.2, 0) is 0 Å². The van der Waals surface area contributed by atoms with Crippen LogP contribution < -0.4 is 10.1 Å². The van der Waals surface area contributed by atoms with E-state index < -0.39 is 0 Å². The number of benzene rings is 2. The van der Waals surface area contributed by atoms with Gasteiger partial charge >= 0.3 is 0 Å². The van der Waals surface area contributed by atoms with Crippen molar-refractivity contribution in [3.63, 3.8) is 0 Å². The van der Waals surface area contributed by atoms with E-state index in [0.29, 0.717) is 11.4 Å². The Morgan fingerprint density at radius 2 is 1.89 bits per heavy atom. The minimum atomic E-state index is 0.253. The van der Waals surface area contributed by atoms with Gasteiger partial charge in [0.1, 0.15) is 5.75 Å².